The summed E-state index contributed by atoms with van der Waals surface area (Å²) in [6.07, 6.45) is 0. The van der Waals surface area contributed by atoms with Gasteiger partial charge in [0.25, 0.3) is 0 Å². The number of benzene rings is 1. The van der Waals surface area contributed by atoms with Crippen LogP contribution in [0.1, 0.15) is 30.2 Å². The Kier molecular flexibility index (Phi) is 8.31. The zero-order chi connectivity index (χ0) is 21.5. The first-order chi connectivity index (χ1) is 14.5. The smallest absolute Gasteiger partial charge is 0.248 e. The average Bonchev–Trinajstić information content (AvgIpc) is 3.37. The molecular weight excluding hydrogens is 396 g/mol. The summed E-state index contributed by atoms with van der Waals surface area (Å²) < 4.78 is 10.6. The van der Waals surface area contributed by atoms with Crippen molar-refractivity contribution in [2.45, 2.75) is 26.3 Å². The number of thiophene rings is 1. The fraction of sp³-hybridized carbons (Fsp3) is 0.542. The molecule has 164 valence electrons. The number of nitrogens with zero attached hydrogens (tertiary/aromatic N) is 2. The van der Waals surface area contributed by atoms with Crippen LogP contribution in [0.5, 0.6) is 5.75 Å². The van der Waals surface area contributed by atoms with Crippen LogP contribution in [0.25, 0.3) is 0 Å². The third-order valence-electron chi connectivity index (χ3n) is 5.66. The largest absolute Gasteiger partial charge is 0.497 e. The molecule has 2 aromatic rings. The van der Waals surface area contributed by atoms with Crippen LogP contribution in [0.15, 0.2) is 41.8 Å². The van der Waals surface area contributed by atoms with Crippen LogP contribution in [0.4, 0.5) is 0 Å². The second-order valence-corrected chi connectivity index (χ2v) is 9.57. The van der Waals surface area contributed by atoms with Gasteiger partial charge < -0.3 is 14.4 Å². The van der Waals surface area contributed by atoms with Crippen molar-refractivity contribution in [3.8, 4) is 5.75 Å². The molecular formula is C24H34N2O3S. The molecule has 6 heteroatoms. The molecule has 0 spiro atoms. The number of carbonyl (C=O) groups is 1. The lowest BCUT2D eigenvalue weighted by molar-refractivity contribution is -0.136. The van der Waals surface area contributed by atoms with Crippen LogP contribution in [-0.4, -0.2) is 62.7 Å². The van der Waals surface area contributed by atoms with E-state index in [1.807, 2.05) is 11.0 Å². The Labute approximate surface area is 184 Å². The summed E-state index contributed by atoms with van der Waals surface area (Å²) in [5.41, 5.74) is 1.29. The third-order valence-corrected chi connectivity index (χ3v) is 6.52. The van der Waals surface area contributed by atoms with E-state index in [0.29, 0.717) is 17.8 Å². The van der Waals surface area contributed by atoms with Crippen LogP contribution in [0, 0.1) is 11.8 Å². The Morgan fingerprint density at radius 1 is 1.23 bits per heavy atom. The lowest BCUT2D eigenvalue weighted by Gasteiger charge is -2.30. The Morgan fingerprint density at radius 2 is 2.07 bits per heavy atom. The molecule has 1 saturated heterocycles. The van der Waals surface area contributed by atoms with Crippen molar-refractivity contribution >= 4 is 17.2 Å². The van der Waals surface area contributed by atoms with Crippen molar-refractivity contribution in [3.63, 3.8) is 0 Å². The minimum Gasteiger partial charge on any atom is -0.497 e. The third kappa shape index (κ3) is 6.06. The first kappa shape index (κ1) is 22.8. The highest BCUT2D eigenvalue weighted by Crippen LogP contribution is 2.36. The minimum atomic E-state index is 0.0762. The van der Waals surface area contributed by atoms with E-state index in [1.165, 1.54) is 10.4 Å². The van der Waals surface area contributed by atoms with E-state index in [0.717, 1.165) is 38.5 Å². The normalized spacial score (nSPS) is 19.4. The van der Waals surface area contributed by atoms with Gasteiger partial charge in [0.05, 0.1) is 7.11 Å². The standard InChI is InChI=1S/C24H34N2O3S/c1-18(2)12-26(24(27)17-28-3)14-20-13-25(15-22-9-6-10-30-22)16-23(20)19-7-5-8-21(11-19)29-4/h5-11,18,20,23H,12-17H2,1-4H3. The summed E-state index contributed by atoms with van der Waals surface area (Å²) in [5, 5.41) is 2.14. The van der Waals surface area contributed by atoms with Gasteiger partial charge in [0.15, 0.2) is 0 Å². The van der Waals surface area contributed by atoms with Crippen molar-refractivity contribution in [1.82, 2.24) is 9.80 Å². The zero-order valence-electron chi connectivity index (χ0n) is 18.5. The molecule has 1 aliphatic rings. The molecule has 0 radical (unpaired) electrons. The number of rotatable bonds is 10. The first-order valence-electron chi connectivity index (χ1n) is 10.7. The summed E-state index contributed by atoms with van der Waals surface area (Å²) in [5.74, 6) is 2.12. The van der Waals surface area contributed by atoms with Gasteiger partial charge in [0.2, 0.25) is 5.91 Å². The van der Waals surface area contributed by atoms with E-state index in [2.05, 4.69) is 54.5 Å². The predicted octanol–water partition coefficient (Wildman–Crippen LogP) is 4.10. The van der Waals surface area contributed by atoms with E-state index in [1.54, 1.807) is 25.6 Å². The van der Waals surface area contributed by atoms with Gasteiger partial charge in [-0.1, -0.05) is 32.0 Å². The van der Waals surface area contributed by atoms with E-state index in [-0.39, 0.29) is 12.5 Å². The molecule has 0 saturated carbocycles. The number of hydrogen-bond donors (Lipinski definition) is 0. The van der Waals surface area contributed by atoms with Crippen molar-refractivity contribution in [3.05, 3.63) is 52.2 Å². The van der Waals surface area contributed by atoms with E-state index in [9.17, 15) is 4.79 Å². The maximum atomic E-state index is 12.7. The summed E-state index contributed by atoms with van der Waals surface area (Å²) in [6.45, 7) is 8.90. The van der Waals surface area contributed by atoms with Gasteiger partial charge in [0.1, 0.15) is 12.4 Å². The maximum absolute atomic E-state index is 12.7. The maximum Gasteiger partial charge on any atom is 0.248 e. The number of hydrogen-bond acceptors (Lipinski definition) is 5. The highest BCUT2D eigenvalue weighted by molar-refractivity contribution is 7.09. The number of ether oxygens (including phenoxy) is 2. The minimum absolute atomic E-state index is 0.0762. The lowest BCUT2D eigenvalue weighted by atomic mass is 9.88. The molecule has 0 aliphatic carbocycles. The summed E-state index contributed by atoms with van der Waals surface area (Å²) in [7, 11) is 3.30. The topological polar surface area (TPSA) is 42.0 Å². The Morgan fingerprint density at radius 3 is 2.73 bits per heavy atom. The Hall–Kier alpha value is -1.89. The van der Waals surface area contributed by atoms with Gasteiger partial charge in [-0.05, 0) is 41.0 Å². The Bertz CT molecular complexity index is 794. The fourth-order valence-electron chi connectivity index (χ4n) is 4.36. The zero-order valence-corrected chi connectivity index (χ0v) is 19.4. The van der Waals surface area contributed by atoms with Crippen LogP contribution in [-0.2, 0) is 16.1 Å². The van der Waals surface area contributed by atoms with E-state index >= 15 is 0 Å². The van der Waals surface area contributed by atoms with Crippen molar-refractivity contribution < 1.29 is 14.3 Å². The van der Waals surface area contributed by atoms with Crippen molar-refractivity contribution in [2.24, 2.45) is 11.8 Å². The monoisotopic (exact) mass is 430 g/mol. The molecule has 3 rings (SSSR count). The van der Waals surface area contributed by atoms with Crippen molar-refractivity contribution in [1.29, 1.82) is 0 Å². The van der Waals surface area contributed by atoms with Crippen molar-refractivity contribution in [2.75, 3.05) is 47.0 Å². The molecule has 1 aliphatic heterocycles. The molecule has 2 unspecified atom stereocenters. The van der Waals surface area contributed by atoms with Gasteiger partial charge in [-0.2, -0.15) is 0 Å². The molecule has 0 N–H and O–H groups in total. The molecule has 1 aromatic carbocycles. The number of likely N-dealkylation sites (tertiary alicyclic amines) is 1. The summed E-state index contributed by atoms with van der Waals surface area (Å²) in [6, 6.07) is 12.7. The van der Waals surface area contributed by atoms with Crippen LogP contribution in [0.3, 0.4) is 0 Å². The van der Waals surface area contributed by atoms with Crippen LogP contribution < -0.4 is 4.74 Å². The molecule has 1 amide bonds. The second-order valence-electron chi connectivity index (χ2n) is 8.54. The SMILES string of the molecule is COCC(=O)N(CC(C)C)CC1CN(Cc2cccs2)CC1c1cccc(OC)c1. The number of amides is 1. The number of methoxy groups -OCH3 is 2. The molecule has 1 aromatic heterocycles. The average molecular weight is 431 g/mol. The van der Waals surface area contributed by atoms with Crippen LogP contribution >= 0.6 is 11.3 Å². The second kappa shape index (κ2) is 10.9. The molecule has 5 nitrogen and oxygen atoms in total. The van der Waals surface area contributed by atoms with Gasteiger partial charge in [0, 0.05) is 50.6 Å². The molecule has 30 heavy (non-hydrogen) atoms. The van der Waals surface area contributed by atoms with Gasteiger partial charge in [-0.25, -0.2) is 0 Å². The van der Waals surface area contributed by atoms with E-state index < -0.39 is 0 Å². The molecule has 1 fully saturated rings. The van der Waals surface area contributed by atoms with Gasteiger partial charge in [-0.3, -0.25) is 9.69 Å². The lowest BCUT2D eigenvalue weighted by Crippen LogP contribution is -2.41. The van der Waals surface area contributed by atoms with Gasteiger partial charge in [-0.15, -0.1) is 11.3 Å². The highest BCUT2D eigenvalue weighted by Gasteiger charge is 2.36. The van der Waals surface area contributed by atoms with Gasteiger partial charge >= 0.3 is 0 Å². The molecule has 0 bridgehead atoms. The first-order valence-corrected chi connectivity index (χ1v) is 11.5. The Balaban J connectivity index is 1.81. The highest BCUT2D eigenvalue weighted by atomic mass is 32.1. The summed E-state index contributed by atoms with van der Waals surface area (Å²) >= 11 is 1.81. The quantitative estimate of drug-likeness (QED) is 0.569. The predicted molar refractivity (Wildman–Crippen MR) is 122 cm³/mol. The summed E-state index contributed by atoms with van der Waals surface area (Å²) in [4.78, 5) is 18.6. The van der Waals surface area contributed by atoms with Crippen LogP contribution in [0.2, 0.25) is 0 Å². The molecule has 2 atom stereocenters. The molecule has 2 heterocycles. The number of carbonyl (C=O) groups excluding carboxylic acids is 1. The fourth-order valence-corrected chi connectivity index (χ4v) is 5.11. The van der Waals surface area contributed by atoms with E-state index in [4.69, 9.17) is 9.47 Å².